The zero-order chi connectivity index (χ0) is 14.8. The van der Waals surface area contributed by atoms with Crippen molar-refractivity contribution in [2.24, 2.45) is 0 Å². The summed E-state index contributed by atoms with van der Waals surface area (Å²) in [5.74, 6) is -0.191. The quantitative estimate of drug-likeness (QED) is 0.755. The van der Waals surface area contributed by atoms with Crippen molar-refractivity contribution in [3.8, 4) is 22.1 Å². The van der Waals surface area contributed by atoms with Crippen LogP contribution in [-0.2, 0) is 6.42 Å². The Morgan fingerprint density at radius 3 is 2.95 bits per heavy atom. The lowest BCUT2D eigenvalue weighted by atomic mass is 9.97. The Balaban J connectivity index is 1.91. The zero-order valence-corrected chi connectivity index (χ0v) is 12.9. The van der Waals surface area contributed by atoms with E-state index in [-0.39, 0.29) is 11.5 Å². The number of thiazole rings is 1. The summed E-state index contributed by atoms with van der Waals surface area (Å²) in [4.78, 5) is 6.13. The van der Waals surface area contributed by atoms with Gasteiger partial charge in [-0.3, -0.25) is 0 Å². The van der Waals surface area contributed by atoms with Gasteiger partial charge in [0, 0.05) is 10.4 Å². The Labute approximate surface area is 128 Å². The number of fused-ring (bicyclic) bond motifs is 1. The summed E-state index contributed by atoms with van der Waals surface area (Å²) in [6.07, 6.45) is 4.53. The van der Waals surface area contributed by atoms with Gasteiger partial charge in [-0.2, -0.15) is 0 Å². The lowest BCUT2D eigenvalue weighted by Crippen LogP contribution is -2.25. The van der Waals surface area contributed by atoms with Gasteiger partial charge in [0.25, 0.3) is 0 Å². The molecule has 1 atom stereocenters. The number of aryl methyl sites for hydroxylation is 1. The molecular formula is C16H20N2O2S. The van der Waals surface area contributed by atoms with Gasteiger partial charge in [0.05, 0.1) is 11.7 Å². The van der Waals surface area contributed by atoms with Gasteiger partial charge in [-0.1, -0.05) is 6.92 Å². The van der Waals surface area contributed by atoms with Gasteiger partial charge >= 0.3 is 0 Å². The van der Waals surface area contributed by atoms with Crippen LogP contribution in [0.15, 0.2) is 18.2 Å². The second kappa shape index (κ2) is 6.03. The van der Waals surface area contributed by atoms with E-state index in [4.69, 9.17) is 4.98 Å². The number of nitrogens with one attached hydrogen (secondary N) is 1. The number of aromatic nitrogens is 1. The maximum Gasteiger partial charge on any atom is 0.158 e. The predicted octanol–water partition coefficient (Wildman–Crippen LogP) is 3.60. The number of hydrogen-bond acceptors (Lipinski definition) is 5. The molecule has 5 heteroatoms. The van der Waals surface area contributed by atoms with Crippen LogP contribution in [0.1, 0.15) is 42.8 Å². The molecule has 0 bridgehead atoms. The molecule has 2 aromatic rings. The first-order valence-corrected chi connectivity index (χ1v) is 8.26. The number of rotatable bonds is 4. The molecule has 0 fully saturated rings. The highest BCUT2D eigenvalue weighted by Crippen LogP contribution is 2.39. The molecule has 21 heavy (non-hydrogen) atoms. The minimum atomic E-state index is -0.0960. The van der Waals surface area contributed by atoms with Gasteiger partial charge in [0.2, 0.25) is 0 Å². The van der Waals surface area contributed by atoms with Crippen molar-refractivity contribution in [3.05, 3.63) is 28.8 Å². The van der Waals surface area contributed by atoms with Gasteiger partial charge < -0.3 is 15.5 Å². The highest BCUT2D eigenvalue weighted by Gasteiger charge is 2.24. The predicted molar refractivity (Wildman–Crippen MR) is 84.9 cm³/mol. The topological polar surface area (TPSA) is 65.4 Å². The third kappa shape index (κ3) is 2.89. The number of aromatic hydroxyl groups is 2. The third-order valence-corrected chi connectivity index (χ3v) is 5.00. The van der Waals surface area contributed by atoms with Crippen molar-refractivity contribution >= 4 is 11.3 Å². The summed E-state index contributed by atoms with van der Waals surface area (Å²) < 4.78 is 0. The molecule has 0 radical (unpaired) electrons. The summed E-state index contributed by atoms with van der Waals surface area (Å²) in [6, 6.07) is 5.24. The second-order valence-electron chi connectivity index (χ2n) is 5.43. The molecule has 1 aliphatic carbocycles. The Hall–Kier alpha value is -1.59. The maximum absolute atomic E-state index is 9.65. The standard InChI is InChI=1S/C16H20N2O2S/c1-2-8-17-11-4-3-5-14-15(11)18-16(21-14)10-6-7-12(19)13(20)9-10/h6-7,9,11,17,19-20H,2-5,8H2,1H3. The molecule has 1 aromatic carbocycles. The largest absolute Gasteiger partial charge is 0.504 e. The Morgan fingerprint density at radius 1 is 1.33 bits per heavy atom. The SMILES string of the molecule is CCCNC1CCCc2sc(-c3ccc(O)c(O)c3)nc21. The highest BCUT2D eigenvalue weighted by molar-refractivity contribution is 7.15. The van der Waals surface area contributed by atoms with Crippen LogP contribution in [0.3, 0.4) is 0 Å². The lowest BCUT2D eigenvalue weighted by molar-refractivity contribution is 0.404. The van der Waals surface area contributed by atoms with Crippen LogP contribution < -0.4 is 5.32 Å². The van der Waals surface area contributed by atoms with Gasteiger partial charge in [-0.25, -0.2) is 4.98 Å². The molecule has 0 aliphatic heterocycles. The van der Waals surface area contributed by atoms with E-state index in [2.05, 4.69) is 12.2 Å². The average Bonchev–Trinajstić information content (AvgIpc) is 2.92. The zero-order valence-electron chi connectivity index (χ0n) is 12.1. The molecule has 112 valence electrons. The van der Waals surface area contributed by atoms with E-state index < -0.39 is 0 Å². The summed E-state index contributed by atoms with van der Waals surface area (Å²) in [7, 11) is 0. The molecule has 1 heterocycles. The molecule has 1 unspecified atom stereocenters. The molecule has 1 aromatic heterocycles. The molecule has 0 saturated heterocycles. The van der Waals surface area contributed by atoms with E-state index >= 15 is 0 Å². The first kappa shape index (κ1) is 14.4. The number of benzene rings is 1. The van der Waals surface area contributed by atoms with Crippen molar-refractivity contribution in [1.82, 2.24) is 10.3 Å². The van der Waals surface area contributed by atoms with Crippen molar-refractivity contribution in [3.63, 3.8) is 0 Å². The molecule has 1 aliphatic rings. The minimum absolute atomic E-state index is 0.0949. The first-order valence-electron chi connectivity index (χ1n) is 7.44. The van der Waals surface area contributed by atoms with Crippen molar-refractivity contribution < 1.29 is 10.2 Å². The van der Waals surface area contributed by atoms with Crippen molar-refractivity contribution in [2.45, 2.75) is 38.6 Å². The molecule has 0 amide bonds. The van der Waals surface area contributed by atoms with Crippen LogP contribution in [0.4, 0.5) is 0 Å². The summed E-state index contributed by atoms with van der Waals surface area (Å²) >= 11 is 1.70. The van der Waals surface area contributed by atoms with Gasteiger partial charge in [-0.05, 0) is 50.4 Å². The molecular weight excluding hydrogens is 284 g/mol. The van der Waals surface area contributed by atoms with Crippen LogP contribution in [0.25, 0.3) is 10.6 Å². The van der Waals surface area contributed by atoms with E-state index in [1.165, 1.54) is 23.1 Å². The Bertz CT molecular complexity index is 639. The van der Waals surface area contributed by atoms with Crippen LogP contribution >= 0.6 is 11.3 Å². The number of phenolic OH excluding ortho intramolecular Hbond substituents is 2. The van der Waals surface area contributed by atoms with E-state index in [1.807, 2.05) is 0 Å². The normalized spacial score (nSPS) is 17.7. The van der Waals surface area contributed by atoms with Gasteiger partial charge in [0.15, 0.2) is 11.5 Å². The van der Waals surface area contributed by atoms with Gasteiger partial charge in [-0.15, -0.1) is 11.3 Å². The van der Waals surface area contributed by atoms with Crippen LogP contribution in [0, 0.1) is 0 Å². The average molecular weight is 304 g/mol. The number of phenols is 2. The van der Waals surface area contributed by atoms with Crippen LogP contribution in [0.5, 0.6) is 11.5 Å². The molecule has 0 spiro atoms. The van der Waals surface area contributed by atoms with Crippen molar-refractivity contribution in [2.75, 3.05) is 6.54 Å². The van der Waals surface area contributed by atoms with Crippen LogP contribution in [-0.4, -0.2) is 21.7 Å². The van der Waals surface area contributed by atoms with Gasteiger partial charge in [0.1, 0.15) is 5.01 Å². The molecule has 4 nitrogen and oxygen atoms in total. The third-order valence-electron chi connectivity index (χ3n) is 3.82. The fraction of sp³-hybridized carbons (Fsp3) is 0.438. The highest BCUT2D eigenvalue weighted by atomic mass is 32.1. The smallest absolute Gasteiger partial charge is 0.158 e. The number of nitrogens with zero attached hydrogens (tertiary/aromatic N) is 1. The lowest BCUT2D eigenvalue weighted by Gasteiger charge is -2.22. The monoisotopic (exact) mass is 304 g/mol. The fourth-order valence-electron chi connectivity index (χ4n) is 2.72. The summed E-state index contributed by atoms with van der Waals surface area (Å²) in [5.41, 5.74) is 2.03. The van der Waals surface area contributed by atoms with E-state index in [0.717, 1.165) is 36.4 Å². The fourth-order valence-corrected chi connectivity index (χ4v) is 3.88. The second-order valence-corrected chi connectivity index (χ2v) is 6.51. The summed E-state index contributed by atoms with van der Waals surface area (Å²) in [6.45, 7) is 3.18. The van der Waals surface area contributed by atoms with Crippen molar-refractivity contribution in [1.29, 1.82) is 0 Å². The molecule has 3 rings (SSSR count). The van der Waals surface area contributed by atoms with Crippen LogP contribution in [0.2, 0.25) is 0 Å². The Kier molecular flexibility index (Phi) is 4.12. The van der Waals surface area contributed by atoms with E-state index in [0.29, 0.717) is 6.04 Å². The first-order chi connectivity index (χ1) is 10.2. The van der Waals surface area contributed by atoms with E-state index in [9.17, 15) is 10.2 Å². The van der Waals surface area contributed by atoms with E-state index in [1.54, 1.807) is 23.5 Å². The Morgan fingerprint density at radius 2 is 2.19 bits per heavy atom. The molecule has 3 N–H and O–H groups in total. The summed E-state index contributed by atoms with van der Waals surface area (Å²) in [5, 5.41) is 23.5. The maximum atomic E-state index is 9.65. The molecule has 0 saturated carbocycles. The number of hydrogen-bond donors (Lipinski definition) is 3. The minimum Gasteiger partial charge on any atom is -0.504 e.